The number of carbonyl (C=O) groups is 1. The lowest BCUT2D eigenvalue weighted by atomic mass is 10.2. The first-order valence-electron chi connectivity index (χ1n) is 6.61. The van der Waals surface area contributed by atoms with Gasteiger partial charge >= 0.3 is 0 Å². The fraction of sp³-hybridized carbons (Fsp3) is 0.462. The largest absolute Gasteiger partial charge is 0.492 e. The van der Waals surface area contributed by atoms with E-state index in [1.165, 1.54) is 18.2 Å². The summed E-state index contributed by atoms with van der Waals surface area (Å²) in [6.07, 6.45) is 0. The van der Waals surface area contributed by atoms with Gasteiger partial charge in [0.1, 0.15) is 10.6 Å². The SMILES string of the molecule is CCNS(=O)(=O)c1cc(C(=O)NCCO)ccc1OCC. The van der Waals surface area contributed by atoms with Gasteiger partial charge in [0.15, 0.2) is 0 Å². The average Bonchev–Trinajstić information content (AvgIpc) is 2.45. The minimum absolute atomic E-state index is 0.0807. The Morgan fingerprint density at radius 3 is 2.62 bits per heavy atom. The standard InChI is InChI=1S/C13H20N2O5S/c1-3-15-21(18,19)12-9-10(13(17)14-7-8-16)5-6-11(12)20-4-2/h5-6,9,15-16H,3-4,7-8H2,1-2H3,(H,14,17). The van der Waals surface area contributed by atoms with Crippen molar-refractivity contribution in [3.63, 3.8) is 0 Å². The fourth-order valence-electron chi connectivity index (χ4n) is 1.67. The maximum atomic E-state index is 12.2. The molecule has 0 aliphatic heterocycles. The third-order valence-corrected chi connectivity index (χ3v) is 4.09. The number of nitrogens with one attached hydrogen (secondary N) is 2. The van der Waals surface area contributed by atoms with Gasteiger partial charge in [0.2, 0.25) is 10.0 Å². The van der Waals surface area contributed by atoms with Gasteiger partial charge in [0, 0.05) is 18.7 Å². The number of benzene rings is 1. The highest BCUT2D eigenvalue weighted by Crippen LogP contribution is 2.25. The van der Waals surface area contributed by atoms with Crippen LogP contribution in [-0.4, -0.2) is 45.7 Å². The average molecular weight is 316 g/mol. The lowest BCUT2D eigenvalue weighted by Crippen LogP contribution is -2.27. The Morgan fingerprint density at radius 1 is 1.33 bits per heavy atom. The molecule has 0 radical (unpaired) electrons. The summed E-state index contributed by atoms with van der Waals surface area (Å²) in [5, 5.41) is 11.2. The second-order valence-electron chi connectivity index (χ2n) is 4.08. The van der Waals surface area contributed by atoms with Crippen LogP contribution in [0.15, 0.2) is 23.1 Å². The molecule has 0 saturated carbocycles. The highest BCUT2D eigenvalue weighted by molar-refractivity contribution is 7.89. The molecule has 1 aromatic carbocycles. The highest BCUT2D eigenvalue weighted by Gasteiger charge is 2.21. The van der Waals surface area contributed by atoms with E-state index in [1.807, 2.05) is 0 Å². The molecule has 118 valence electrons. The number of hydrogen-bond acceptors (Lipinski definition) is 5. The topological polar surface area (TPSA) is 105 Å². The van der Waals surface area contributed by atoms with E-state index in [4.69, 9.17) is 9.84 Å². The molecule has 8 heteroatoms. The van der Waals surface area contributed by atoms with Crippen LogP contribution in [0.4, 0.5) is 0 Å². The minimum Gasteiger partial charge on any atom is -0.492 e. The van der Waals surface area contributed by atoms with Crippen LogP contribution >= 0.6 is 0 Å². The quantitative estimate of drug-likeness (QED) is 0.631. The van der Waals surface area contributed by atoms with Gasteiger partial charge in [-0.05, 0) is 25.1 Å². The van der Waals surface area contributed by atoms with Crippen LogP contribution in [0.3, 0.4) is 0 Å². The van der Waals surface area contributed by atoms with Crippen LogP contribution in [-0.2, 0) is 10.0 Å². The van der Waals surface area contributed by atoms with Gasteiger partial charge in [0.05, 0.1) is 13.2 Å². The van der Waals surface area contributed by atoms with Crippen molar-refractivity contribution in [1.82, 2.24) is 10.0 Å². The van der Waals surface area contributed by atoms with Crippen molar-refractivity contribution in [3.8, 4) is 5.75 Å². The Kier molecular flexibility index (Phi) is 6.60. The molecule has 1 amide bonds. The first-order valence-corrected chi connectivity index (χ1v) is 8.10. The summed E-state index contributed by atoms with van der Waals surface area (Å²) >= 11 is 0. The molecule has 0 spiro atoms. The number of aliphatic hydroxyl groups excluding tert-OH is 1. The summed E-state index contributed by atoms with van der Waals surface area (Å²) in [6, 6.07) is 4.18. The smallest absolute Gasteiger partial charge is 0.251 e. The van der Waals surface area contributed by atoms with Gasteiger partial charge in [-0.25, -0.2) is 13.1 Å². The number of sulfonamides is 1. The molecule has 0 unspecified atom stereocenters. The molecule has 0 fully saturated rings. The third kappa shape index (κ3) is 4.69. The molecule has 0 aliphatic carbocycles. The summed E-state index contributed by atoms with van der Waals surface area (Å²) in [6.45, 7) is 3.85. The van der Waals surface area contributed by atoms with Crippen molar-refractivity contribution in [1.29, 1.82) is 0 Å². The van der Waals surface area contributed by atoms with Gasteiger partial charge < -0.3 is 15.2 Å². The first kappa shape index (κ1) is 17.4. The van der Waals surface area contributed by atoms with E-state index in [1.54, 1.807) is 13.8 Å². The van der Waals surface area contributed by atoms with E-state index in [-0.39, 0.29) is 35.9 Å². The number of carbonyl (C=O) groups excluding carboxylic acids is 1. The molecule has 0 aliphatic rings. The summed E-state index contributed by atoms with van der Waals surface area (Å²) in [4.78, 5) is 11.8. The first-order chi connectivity index (χ1) is 9.96. The lowest BCUT2D eigenvalue weighted by molar-refractivity contribution is 0.0944. The number of ether oxygens (including phenoxy) is 1. The van der Waals surface area contributed by atoms with Crippen LogP contribution in [0.25, 0.3) is 0 Å². The molecule has 0 aromatic heterocycles. The maximum Gasteiger partial charge on any atom is 0.251 e. The van der Waals surface area contributed by atoms with Gasteiger partial charge in [-0.2, -0.15) is 0 Å². The van der Waals surface area contributed by atoms with Crippen LogP contribution in [0, 0.1) is 0 Å². The molecule has 1 aromatic rings. The Balaban J connectivity index is 3.21. The summed E-state index contributed by atoms with van der Waals surface area (Å²) < 4.78 is 32.0. The van der Waals surface area contributed by atoms with Crippen molar-refractivity contribution >= 4 is 15.9 Å². The Bertz CT molecular complexity index is 586. The molecule has 21 heavy (non-hydrogen) atoms. The predicted octanol–water partition coefficient (Wildman–Crippen LogP) is 0.106. The van der Waals surface area contributed by atoms with Crippen LogP contribution in [0.5, 0.6) is 5.75 Å². The van der Waals surface area contributed by atoms with Crippen molar-refractivity contribution in [2.45, 2.75) is 18.7 Å². The molecular weight excluding hydrogens is 296 g/mol. The number of aliphatic hydroxyl groups is 1. The van der Waals surface area contributed by atoms with Crippen molar-refractivity contribution < 1.29 is 23.1 Å². The molecule has 7 nitrogen and oxygen atoms in total. The third-order valence-electron chi connectivity index (χ3n) is 2.53. The minimum atomic E-state index is -3.74. The molecule has 3 N–H and O–H groups in total. The monoisotopic (exact) mass is 316 g/mol. The maximum absolute atomic E-state index is 12.2. The number of rotatable bonds is 8. The van der Waals surface area contributed by atoms with Crippen LogP contribution < -0.4 is 14.8 Å². The number of hydrogen-bond donors (Lipinski definition) is 3. The van der Waals surface area contributed by atoms with E-state index in [2.05, 4.69) is 10.0 Å². The normalized spacial score (nSPS) is 11.2. The Labute approximate surface area is 124 Å². The summed E-state index contributed by atoms with van der Waals surface area (Å²) in [5.41, 5.74) is 0.184. The van der Waals surface area contributed by atoms with Gasteiger partial charge in [-0.3, -0.25) is 4.79 Å². The zero-order chi connectivity index (χ0) is 15.9. The van der Waals surface area contributed by atoms with Gasteiger partial charge in [0.25, 0.3) is 5.91 Å². The van der Waals surface area contributed by atoms with Crippen LogP contribution in [0.2, 0.25) is 0 Å². The van der Waals surface area contributed by atoms with Crippen molar-refractivity contribution in [3.05, 3.63) is 23.8 Å². The van der Waals surface area contributed by atoms with Crippen molar-refractivity contribution in [2.24, 2.45) is 0 Å². The second kappa shape index (κ2) is 7.96. The predicted molar refractivity (Wildman–Crippen MR) is 77.9 cm³/mol. The van der Waals surface area contributed by atoms with E-state index in [0.717, 1.165) is 0 Å². The Hall–Kier alpha value is -1.64. The summed E-state index contributed by atoms with van der Waals surface area (Å²) in [5.74, 6) is -0.266. The molecule has 0 bridgehead atoms. The van der Waals surface area contributed by atoms with Gasteiger partial charge in [-0.1, -0.05) is 6.92 Å². The van der Waals surface area contributed by atoms with E-state index < -0.39 is 15.9 Å². The molecule has 1 rings (SSSR count). The molecular formula is C13H20N2O5S. The van der Waals surface area contributed by atoms with Crippen LogP contribution in [0.1, 0.15) is 24.2 Å². The van der Waals surface area contributed by atoms with E-state index in [9.17, 15) is 13.2 Å². The van der Waals surface area contributed by atoms with E-state index >= 15 is 0 Å². The zero-order valence-corrected chi connectivity index (χ0v) is 12.9. The van der Waals surface area contributed by atoms with Gasteiger partial charge in [-0.15, -0.1) is 0 Å². The fourth-order valence-corrected chi connectivity index (χ4v) is 2.88. The highest BCUT2D eigenvalue weighted by atomic mass is 32.2. The Morgan fingerprint density at radius 2 is 2.05 bits per heavy atom. The molecule has 0 saturated heterocycles. The summed E-state index contributed by atoms with van der Waals surface area (Å²) in [7, 11) is -3.74. The number of amides is 1. The second-order valence-corrected chi connectivity index (χ2v) is 5.81. The molecule has 0 atom stereocenters. The van der Waals surface area contributed by atoms with Crippen molar-refractivity contribution in [2.75, 3.05) is 26.3 Å². The zero-order valence-electron chi connectivity index (χ0n) is 12.0. The molecule has 0 heterocycles. The van der Waals surface area contributed by atoms with E-state index in [0.29, 0.717) is 6.61 Å². The lowest BCUT2D eigenvalue weighted by Gasteiger charge is -2.13.